The molecular weight excluding hydrogens is 275 g/mol. The third-order valence-electron chi connectivity index (χ3n) is 2.40. The van der Waals surface area contributed by atoms with Crippen molar-refractivity contribution < 1.29 is 23.1 Å². The van der Waals surface area contributed by atoms with Crippen molar-refractivity contribution in [1.29, 1.82) is 0 Å². The molecule has 2 N–H and O–H groups in total. The molecule has 0 bridgehead atoms. The average molecular weight is 283 g/mol. The number of rotatable bonds is 3. The lowest BCUT2D eigenvalue weighted by Gasteiger charge is -2.11. The smallest absolute Gasteiger partial charge is 0.416 e. The predicted octanol–water partition coefficient (Wildman–Crippen LogP) is 2.94. The molecule has 0 atom stereocenters. The van der Waals surface area contributed by atoms with Crippen molar-refractivity contribution in [3.05, 3.63) is 47.9 Å². The first-order valence-corrected chi connectivity index (χ1v) is 5.35. The van der Waals surface area contributed by atoms with Crippen molar-refractivity contribution in [2.45, 2.75) is 6.18 Å². The maximum absolute atomic E-state index is 12.6. The summed E-state index contributed by atoms with van der Waals surface area (Å²) in [6, 6.07) is 4.38. The zero-order valence-corrected chi connectivity index (χ0v) is 9.85. The van der Waals surface area contributed by atoms with Crippen molar-refractivity contribution in [3.63, 3.8) is 0 Å². The number of aromatic nitrogens is 2. The summed E-state index contributed by atoms with van der Waals surface area (Å²) >= 11 is 0. The number of hydrogen-bond donors (Lipinski definition) is 2. The van der Waals surface area contributed by atoms with E-state index in [2.05, 4.69) is 15.3 Å². The van der Waals surface area contributed by atoms with Crippen molar-refractivity contribution in [2.75, 3.05) is 5.32 Å². The summed E-state index contributed by atoms with van der Waals surface area (Å²) < 4.78 is 37.7. The minimum atomic E-state index is -4.47. The highest BCUT2D eigenvalue weighted by Gasteiger charge is 2.30. The fourth-order valence-electron chi connectivity index (χ4n) is 1.50. The van der Waals surface area contributed by atoms with E-state index >= 15 is 0 Å². The quantitative estimate of drug-likeness (QED) is 0.905. The van der Waals surface area contributed by atoms with E-state index in [-0.39, 0.29) is 17.1 Å². The molecule has 5 nitrogen and oxygen atoms in total. The monoisotopic (exact) mass is 283 g/mol. The van der Waals surface area contributed by atoms with E-state index in [0.29, 0.717) is 0 Å². The Morgan fingerprint density at radius 3 is 2.70 bits per heavy atom. The molecule has 8 heteroatoms. The number of nitrogens with zero attached hydrogens (tertiary/aromatic N) is 2. The van der Waals surface area contributed by atoms with Gasteiger partial charge < -0.3 is 10.4 Å². The van der Waals surface area contributed by atoms with Gasteiger partial charge in [-0.1, -0.05) is 6.07 Å². The Labute approximate surface area is 111 Å². The Hall–Kier alpha value is -2.64. The van der Waals surface area contributed by atoms with Crippen LogP contribution in [0, 0.1) is 0 Å². The van der Waals surface area contributed by atoms with Gasteiger partial charge in [-0.3, -0.25) is 0 Å². The molecule has 0 fully saturated rings. The maximum atomic E-state index is 12.6. The first-order valence-electron chi connectivity index (χ1n) is 5.35. The third-order valence-corrected chi connectivity index (χ3v) is 2.40. The number of carbonyl (C=O) groups is 1. The van der Waals surface area contributed by atoms with Crippen LogP contribution in [0.5, 0.6) is 0 Å². The van der Waals surface area contributed by atoms with Gasteiger partial charge in [-0.05, 0) is 18.2 Å². The molecule has 1 heterocycles. The van der Waals surface area contributed by atoms with E-state index in [1.54, 1.807) is 0 Å². The maximum Gasteiger partial charge on any atom is 0.416 e. The number of nitrogens with one attached hydrogen (secondary N) is 1. The van der Waals surface area contributed by atoms with Crippen LogP contribution in [-0.4, -0.2) is 21.0 Å². The Bertz CT molecular complexity index is 644. The van der Waals surface area contributed by atoms with Crippen LogP contribution < -0.4 is 5.32 Å². The van der Waals surface area contributed by atoms with E-state index in [1.807, 2.05) is 0 Å². The van der Waals surface area contributed by atoms with Gasteiger partial charge in [0.25, 0.3) is 0 Å². The highest BCUT2D eigenvalue weighted by Crippen LogP contribution is 2.31. The molecule has 0 aliphatic heterocycles. The molecule has 0 aliphatic rings. The molecule has 0 amide bonds. The zero-order chi connectivity index (χ0) is 14.8. The highest BCUT2D eigenvalue weighted by atomic mass is 19.4. The average Bonchev–Trinajstić information content (AvgIpc) is 2.38. The van der Waals surface area contributed by atoms with E-state index in [1.165, 1.54) is 12.1 Å². The predicted molar refractivity (Wildman–Crippen MR) is 63.7 cm³/mol. The van der Waals surface area contributed by atoms with Gasteiger partial charge in [0, 0.05) is 11.9 Å². The highest BCUT2D eigenvalue weighted by molar-refractivity contribution is 5.93. The fourth-order valence-corrected chi connectivity index (χ4v) is 1.50. The van der Waals surface area contributed by atoms with Gasteiger partial charge in [0.05, 0.1) is 5.56 Å². The van der Waals surface area contributed by atoms with Gasteiger partial charge in [-0.25, -0.2) is 14.8 Å². The number of aromatic carboxylic acids is 1. The number of halogens is 3. The van der Waals surface area contributed by atoms with Gasteiger partial charge in [0.1, 0.15) is 17.7 Å². The summed E-state index contributed by atoms with van der Waals surface area (Å²) in [4.78, 5) is 18.2. The summed E-state index contributed by atoms with van der Waals surface area (Å²) in [6.45, 7) is 0. The zero-order valence-electron chi connectivity index (χ0n) is 9.85. The van der Waals surface area contributed by atoms with Gasteiger partial charge in [0.2, 0.25) is 0 Å². The summed E-state index contributed by atoms with van der Waals surface area (Å²) in [5.74, 6) is -1.35. The molecule has 1 aromatic heterocycles. The Morgan fingerprint density at radius 1 is 1.30 bits per heavy atom. The van der Waals surface area contributed by atoms with E-state index in [9.17, 15) is 18.0 Å². The molecule has 104 valence electrons. The Balaban J connectivity index is 2.34. The van der Waals surface area contributed by atoms with Gasteiger partial charge in [-0.15, -0.1) is 0 Å². The van der Waals surface area contributed by atoms with Crippen LogP contribution in [-0.2, 0) is 6.18 Å². The van der Waals surface area contributed by atoms with Gasteiger partial charge in [-0.2, -0.15) is 13.2 Å². The lowest BCUT2D eigenvalue weighted by Crippen LogP contribution is -2.07. The van der Waals surface area contributed by atoms with E-state index in [4.69, 9.17) is 5.11 Å². The lowest BCUT2D eigenvalue weighted by molar-refractivity contribution is -0.137. The molecule has 0 saturated heterocycles. The number of benzene rings is 1. The van der Waals surface area contributed by atoms with Crippen molar-refractivity contribution in [3.8, 4) is 0 Å². The first-order chi connectivity index (χ1) is 9.38. The molecule has 2 aromatic rings. The molecule has 0 radical (unpaired) electrons. The van der Waals surface area contributed by atoms with Crippen molar-refractivity contribution >= 4 is 17.5 Å². The standard InChI is InChI=1S/C12H8F3N3O2/c13-12(14,15)7-2-1-3-8(4-7)18-10-9(11(19)20)5-16-6-17-10/h1-6H,(H,19,20)(H,16,17,18). The van der Waals surface area contributed by atoms with Crippen molar-refractivity contribution in [1.82, 2.24) is 9.97 Å². The minimum Gasteiger partial charge on any atom is -0.477 e. The first kappa shape index (κ1) is 13.8. The second-order valence-electron chi connectivity index (χ2n) is 3.79. The SMILES string of the molecule is O=C(O)c1cncnc1Nc1cccc(C(F)(F)F)c1. The largest absolute Gasteiger partial charge is 0.477 e. The summed E-state index contributed by atoms with van der Waals surface area (Å²) in [5.41, 5.74) is -0.987. The minimum absolute atomic E-state index is 0.0770. The number of hydrogen-bond acceptors (Lipinski definition) is 4. The second-order valence-corrected chi connectivity index (χ2v) is 3.79. The van der Waals surface area contributed by atoms with Crippen LogP contribution in [0.1, 0.15) is 15.9 Å². The third kappa shape index (κ3) is 3.02. The van der Waals surface area contributed by atoms with Crippen LogP contribution in [0.25, 0.3) is 0 Å². The number of anilines is 2. The van der Waals surface area contributed by atoms with E-state index in [0.717, 1.165) is 24.7 Å². The molecule has 0 spiro atoms. The number of carboxylic acid groups (broad SMARTS) is 1. The summed E-state index contributed by atoms with van der Waals surface area (Å²) in [6.07, 6.45) is -2.31. The topological polar surface area (TPSA) is 75.1 Å². The van der Waals surface area contributed by atoms with Crippen LogP contribution in [0.2, 0.25) is 0 Å². The lowest BCUT2D eigenvalue weighted by atomic mass is 10.2. The fraction of sp³-hybridized carbons (Fsp3) is 0.0833. The normalized spacial score (nSPS) is 11.2. The Morgan fingerprint density at radius 2 is 2.05 bits per heavy atom. The summed E-state index contributed by atoms with van der Waals surface area (Å²) in [7, 11) is 0. The summed E-state index contributed by atoms with van der Waals surface area (Å²) in [5, 5.41) is 11.5. The second kappa shape index (κ2) is 5.16. The van der Waals surface area contributed by atoms with Crippen LogP contribution in [0.3, 0.4) is 0 Å². The molecule has 2 rings (SSSR count). The molecule has 0 aliphatic carbocycles. The number of alkyl halides is 3. The number of carboxylic acids is 1. The van der Waals surface area contributed by atoms with Crippen LogP contribution in [0.15, 0.2) is 36.8 Å². The van der Waals surface area contributed by atoms with Crippen molar-refractivity contribution in [2.24, 2.45) is 0 Å². The molecule has 1 aromatic carbocycles. The van der Waals surface area contributed by atoms with Crippen LogP contribution in [0.4, 0.5) is 24.7 Å². The molecule has 0 unspecified atom stereocenters. The van der Waals surface area contributed by atoms with Gasteiger partial charge in [0.15, 0.2) is 0 Å². The molecule has 20 heavy (non-hydrogen) atoms. The van der Waals surface area contributed by atoms with E-state index < -0.39 is 17.7 Å². The Kier molecular flexibility index (Phi) is 3.55. The molecule has 0 saturated carbocycles. The van der Waals surface area contributed by atoms with Gasteiger partial charge >= 0.3 is 12.1 Å². The van der Waals surface area contributed by atoms with Crippen LogP contribution >= 0.6 is 0 Å². The molecular formula is C12H8F3N3O2.